The highest BCUT2D eigenvalue weighted by molar-refractivity contribution is 5.98. The first-order valence-electron chi connectivity index (χ1n) is 7.68. The molecule has 2 unspecified atom stereocenters. The first-order chi connectivity index (χ1) is 10.5. The highest BCUT2D eigenvalue weighted by Crippen LogP contribution is 2.30. The van der Waals surface area contributed by atoms with Crippen LogP contribution in [0.15, 0.2) is 24.9 Å². The summed E-state index contributed by atoms with van der Waals surface area (Å²) in [5.41, 5.74) is 9.40. The van der Waals surface area contributed by atoms with Crippen LogP contribution in [0.4, 0.5) is 5.69 Å². The molecular formula is C17H23N5. The van der Waals surface area contributed by atoms with Gasteiger partial charge in [0.25, 0.3) is 0 Å². The Morgan fingerprint density at radius 3 is 2.64 bits per heavy atom. The first kappa shape index (κ1) is 14.8. The van der Waals surface area contributed by atoms with E-state index in [0.717, 1.165) is 35.4 Å². The van der Waals surface area contributed by atoms with Gasteiger partial charge < -0.3 is 16.0 Å². The maximum absolute atomic E-state index is 5.92. The van der Waals surface area contributed by atoms with Crippen LogP contribution in [0, 0.1) is 6.92 Å². The van der Waals surface area contributed by atoms with E-state index in [9.17, 15) is 0 Å². The number of aromatic nitrogens is 2. The average Bonchev–Trinajstić information content (AvgIpc) is 2.44. The quantitative estimate of drug-likeness (QED) is 0.888. The number of hydrogen-bond acceptors (Lipinski definition) is 5. The van der Waals surface area contributed by atoms with Gasteiger partial charge in [-0.3, -0.25) is 0 Å². The number of piperazine rings is 1. The maximum Gasteiger partial charge on any atom is 0.125 e. The van der Waals surface area contributed by atoms with Gasteiger partial charge >= 0.3 is 0 Å². The lowest BCUT2D eigenvalue weighted by molar-refractivity contribution is 0.407. The molecule has 0 saturated carbocycles. The topological polar surface area (TPSA) is 67.1 Å². The third kappa shape index (κ3) is 2.64. The van der Waals surface area contributed by atoms with Crippen molar-refractivity contribution in [2.24, 2.45) is 5.73 Å². The summed E-state index contributed by atoms with van der Waals surface area (Å²) in [6.07, 6.45) is 1.90. The van der Waals surface area contributed by atoms with Crippen LogP contribution in [-0.4, -0.2) is 35.1 Å². The summed E-state index contributed by atoms with van der Waals surface area (Å²) >= 11 is 0. The average molecular weight is 297 g/mol. The van der Waals surface area contributed by atoms with E-state index in [0.29, 0.717) is 17.8 Å². The molecule has 22 heavy (non-hydrogen) atoms. The van der Waals surface area contributed by atoms with Crippen molar-refractivity contribution in [3.8, 4) is 0 Å². The van der Waals surface area contributed by atoms with Crippen molar-refractivity contribution < 1.29 is 0 Å². The number of aryl methyl sites for hydroxylation is 1. The molecule has 2 heterocycles. The number of rotatable bonds is 2. The summed E-state index contributed by atoms with van der Waals surface area (Å²) in [5, 5.41) is 4.60. The second-order valence-corrected chi connectivity index (χ2v) is 6.21. The van der Waals surface area contributed by atoms with Crippen molar-refractivity contribution >= 4 is 22.3 Å². The molecule has 0 bridgehead atoms. The lowest BCUT2D eigenvalue weighted by Gasteiger charge is -2.38. The molecule has 0 spiro atoms. The Kier molecular flexibility index (Phi) is 3.74. The predicted molar refractivity (Wildman–Crippen MR) is 91.8 cm³/mol. The van der Waals surface area contributed by atoms with E-state index < -0.39 is 0 Å². The summed E-state index contributed by atoms with van der Waals surface area (Å²) in [7, 11) is 0. The van der Waals surface area contributed by atoms with Crippen LogP contribution in [0.25, 0.3) is 16.6 Å². The van der Waals surface area contributed by atoms with Crippen LogP contribution in [0.3, 0.4) is 0 Å². The number of nitrogens with zero attached hydrogens (tertiary/aromatic N) is 3. The molecule has 1 aromatic carbocycles. The molecular weight excluding hydrogens is 274 g/mol. The van der Waals surface area contributed by atoms with Crippen LogP contribution in [-0.2, 0) is 0 Å². The normalized spacial score (nSPS) is 22.0. The smallest absolute Gasteiger partial charge is 0.125 e. The van der Waals surface area contributed by atoms with E-state index in [2.05, 4.69) is 46.7 Å². The van der Waals surface area contributed by atoms with Crippen LogP contribution in [0.1, 0.15) is 25.2 Å². The molecule has 3 rings (SSSR count). The third-order valence-corrected chi connectivity index (χ3v) is 4.09. The summed E-state index contributed by atoms with van der Waals surface area (Å²) < 4.78 is 0. The van der Waals surface area contributed by atoms with Gasteiger partial charge in [-0.1, -0.05) is 6.58 Å². The molecule has 2 atom stereocenters. The Balaban J connectivity index is 2.15. The van der Waals surface area contributed by atoms with Crippen LogP contribution >= 0.6 is 0 Å². The molecule has 1 fully saturated rings. The van der Waals surface area contributed by atoms with Gasteiger partial charge in [0, 0.05) is 53.7 Å². The number of hydrogen-bond donors (Lipinski definition) is 2. The first-order valence-corrected chi connectivity index (χ1v) is 7.68. The Morgan fingerprint density at radius 1 is 1.32 bits per heavy atom. The molecule has 1 aliphatic rings. The third-order valence-electron chi connectivity index (χ3n) is 4.09. The summed E-state index contributed by atoms with van der Waals surface area (Å²) in [6.45, 7) is 12.1. The highest BCUT2D eigenvalue weighted by atomic mass is 15.2. The molecule has 1 aromatic heterocycles. The zero-order chi connectivity index (χ0) is 15.9. The minimum Gasteiger partial charge on any atom is -0.399 e. The van der Waals surface area contributed by atoms with Crippen molar-refractivity contribution in [1.29, 1.82) is 0 Å². The zero-order valence-corrected chi connectivity index (χ0v) is 13.4. The SMILES string of the molecule is C=C(N)c1ccc(N2CC(C)NC(C)C2)c2cnc(C)nc12. The van der Waals surface area contributed by atoms with Crippen LogP contribution < -0.4 is 16.0 Å². The largest absolute Gasteiger partial charge is 0.399 e. The lowest BCUT2D eigenvalue weighted by atomic mass is 10.0. The Bertz CT molecular complexity index is 714. The van der Waals surface area contributed by atoms with E-state index >= 15 is 0 Å². The van der Waals surface area contributed by atoms with Crippen LogP contribution in [0.2, 0.25) is 0 Å². The zero-order valence-electron chi connectivity index (χ0n) is 13.4. The summed E-state index contributed by atoms with van der Waals surface area (Å²) in [5.74, 6) is 0.745. The number of fused-ring (bicyclic) bond motifs is 1. The van der Waals surface area contributed by atoms with Gasteiger partial charge in [0.15, 0.2) is 0 Å². The van der Waals surface area contributed by atoms with E-state index in [4.69, 9.17) is 5.73 Å². The maximum atomic E-state index is 5.92. The molecule has 116 valence electrons. The van der Waals surface area contributed by atoms with E-state index in [1.165, 1.54) is 5.69 Å². The number of nitrogens with one attached hydrogen (secondary N) is 1. The molecule has 1 aliphatic heterocycles. The molecule has 2 aromatic rings. The standard InChI is InChI=1S/C17H23N5/c1-10-8-22(9-11(2)20-10)16-6-5-14(12(3)18)17-15(16)7-19-13(4)21-17/h5-7,10-11,20H,3,8-9,18H2,1-2,4H3. The molecule has 5 heteroatoms. The molecule has 0 amide bonds. The van der Waals surface area contributed by atoms with Crippen molar-refractivity contribution in [3.05, 3.63) is 36.3 Å². The molecule has 0 aliphatic carbocycles. The Hall–Kier alpha value is -2.14. The van der Waals surface area contributed by atoms with Gasteiger partial charge in [-0.15, -0.1) is 0 Å². The second kappa shape index (κ2) is 5.57. The lowest BCUT2D eigenvalue weighted by Crippen LogP contribution is -2.54. The number of nitrogens with two attached hydrogens (primary N) is 1. The predicted octanol–water partition coefficient (Wildman–Crippen LogP) is 2.05. The molecule has 0 radical (unpaired) electrons. The molecule has 3 N–H and O–H groups in total. The number of anilines is 1. The van der Waals surface area contributed by atoms with Gasteiger partial charge in [-0.05, 0) is 32.9 Å². The minimum absolute atomic E-state index is 0.453. The van der Waals surface area contributed by atoms with Crippen molar-refractivity contribution in [2.45, 2.75) is 32.9 Å². The second-order valence-electron chi connectivity index (χ2n) is 6.21. The van der Waals surface area contributed by atoms with Crippen LogP contribution in [0.5, 0.6) is 0 Å². The fourth-order valence-corrected chi connectivity index (χ4v) is 3.25. The summed E-state index contributed by atoms with van der Waals surface area (Å²) in [6, 6.07) is 5.03. The molecule has 5 nitrogen and oxygen atoms in total. The summed E-state index contributed by atoms with van der Waals surface area (Å²) in [4.78, 5) is 11.4. The van der Waals surface area contributed by atoms with E-state index in [1.807, 2.05) is 19.2 Å². The Labute approximate surface area is 131 Å². The molecule has 1 saturated heterocycles. The van der Waals surface area contributed by atoms with Gasteiger partial charge in [-0.25, -0.2) is 9.97 Å². The fourth-order valence-electron chi connectivity index (χ4n) is 3.25. The van der Waals surface area contributed by atoms with Crippen molar-refractivity contribution in [2.75, 3.05) is 18.0 Å². The van der Waals surface area contributed by atoms with Crippen molar-refractivity contribution in [1.82, 2.24) is 15.3 Å². The van der Waals surface area contributed by atoms with Gasteiger partial charge in [0.1, 0.15) is 5.82 Å². The Morgan fingerprint density at radius 2 is 2.00 bits per heavy atom. The number of benzene rings is 1. The van der Waals surface area contributed by atoms with Gasteiger partial charge in [-0.2, -0.15) is 0 Å². The fraction of sp³-hybridized carbons (Fsp3) is 0.412. The minimum atomic E-state index is 0.453. The monoisotopic (exact) mass is 297 g/mol. The van der Waals surface area contributed by atoms with Gasteiger partial charge in [0.05, 0.1) is 5.52 Å². The van der Waals surface area contributed by atoms with E-state index in [-0.39, 0.29) is 0 Å². The van der Waals surface area contributed by atoms with E-state index in [1.54, 1.807) is 0 Å². The van der Waals surface area contributed by atoms with Crippen molar-refractivity contribution in [3.63, 3.8) is 0 Å². The van der Waals surface area contributed by atoms with Gasteiger partial charge in [0.2, 0.25) is 0 Å². The highest BCUT2D eigenvalue weighted by Gasteiger charge is 2.23.